The van der Waals surface area contributed by atoms with Crippen molar-refractivity contribution in [2.45, 2.75) is 19.9 Å². The molecule has 0 radical (unpaired) electrons. The molecule has 3 N–H and O–H groups in total. The molecule has 5 heteroatoms. The molecule has 0 aliphatic heterocycles. The number of aromatic nitrogens is 1. The van der Waals surface area contributed by atoms with E-state index in [0.29, 0.717) is 25.1 Å². The van der Waals surface area contributed by atoms with Gasteiger partial charge in [-0.25, -0.2) is 4.98 Å². The van der Waals surface area contributed by atoms with Gasteiger partial charge >= 0.3 is 0 Å². The van der Waals surface area contributed by atoms with E-state index in [4.69, 9.17) is 5.73 Å². The van der Waals surface area contributed by atoms with E-state index in [2.05, 4.69) is 10.3 Å². The van der Waals surface area contributed by atoms with Crippen molar-refractivity contribution in [2.75, 3.05) is 6.54 Å². The third kappa shape index (κ3) is 3.62. The number of hydrogen-bond acceptors (Lipinski definition) is 4. The van der Waals surface area contributed by atoms with Gasteiger partial charge in [-0.2, -0.15) is 0 Å². The van der Waals surface area contributed by atoms with E-state index < -0.39 is 0 Å². The van der Waals surface area contributed by atoms with Crippen molar-refractivity contribution in [1.29, 1.82) is 0 Å². The summed E-state index contributed by atoms with van der Waals surface area (Å²) < 4.78 is 0. The number of carbonyl (C=O) groups is 1. The smallest absolute Gasteiger partial charge is 0.251 e. The first kappa shape index (κ1) is 13.7. The molecule has 1 aromatic heterocycles. The Kier molecular flexibility index (Phi) is 4.65. The second kappa shape index (κ2) is 6.45. The number of carbonyl (C=O) groups excluding carboxylic acids is 1. The average Bonchev–Trinajstić information content (AvgIpc) is 2.83. The molecule has 19 heavy (non-hydrogen) atoms. The Morgan fingerprint density at radius 3 is 2.89 bits per heavy atom. The summed E-state index contributed by atoms with van der Waals surface area (Å²) >= 11 is 1.59. The maximum Gasteiger partial charge on any atom is 0.251 e. The largest absolute Gasteiger partial charge is 0.347 e. The maximum atomic E-state index is 12.2. The molecular weight excluding hydrogens is 258 g/mol. The molecule has 0 aliphatic rings. The van der Waals surface area contributed by atoms with Crippen LogP contribution in [0.5, 0.6) is 0 Å². The third-order valence-electron chi connectivity index (χ3n) is 2.77. The molecule has 1 heterocycles. The lowest BCUT2D eigenvalue weighted by atomic mass is 10.0. The Hall–Kier alpha value is -1.72. The van der Waals surface area contributed by atoms with Crippen LogP contribution in [0.15, 0.2) is 30.5 Å². The van der Waals surface area contributed by atoms with E-state index in [1.165, 1.54) is 0 Å². The quantitative estimate of drug-likeness (QED) is 0.875. The van der Waals surface area contributed by atoms with Crippen LogP contribution in [0.3, 0.4) is 0 Å². The fraction of sp³-hybridized carbons (Fsp3) is 0.286. The molecule has 0 aliphatic carbocycles. The van der Waals surface area contributed by atoms with Crippen molar-refractivity contribution in [3.05, 3.63) is 51.5 Å². The molecule has 4 nitrogen and oxygen atoms in total. The molecule has 1 amide bonds. The first-order chi connectivity index (χ1) is 9.20. The van der Waals surface area contributed by atoms with Crippen LogP contribution in [0.2, 0.25) is 0 Å². The number of nitrogens with zero attached hydrogens (tertiary/aromatic N) is 1. The van der Waals surface area contributed by atoms with Crippen molar-refractivity contribution in [3.8, 4) is 0 Å². The van der Waals surface area contributed by atoms with Gasteiger partial charge < -0.3 is 11.1 Å². The molecule has 0 unspecified atom stereocenters. The lowest BCUT2D eigenvalue weighted by Gasteiger charge is -2.08. The molecule has 2 aromatic rings. The van der Waals surface area contributed by atoms with Gasteiger partial charge in [0.1, 0.15) is 0 Å². The van der Waals surface area contributed by atoms with Crippen LogP contribution in [0.1, 0.15) is 25.8 Å². The summed E-state index contributed by atoms with van der Waals surface area (Å²) in [5.41, 5.74) is 7.25. The van der Waals surface area contributed by atoms with Gasteiger partial charge in [-0.3, -0.25) is 4.79 Å². The van der Waals surface area contributed by atoms with Crippen molar-refractivity contribution in [3.63, 3.8) is 0 Å². The molecule has 0 spiro atoms. The Bertz CT molecular complexity index is 565. The van der Waals surface area contributed by atoms with Gasteiger partial charge in [0.2, 0.25) is 0 Å². The number of nitrogens with one attached hydrogen (secondary N) is 1. The van der Waals surface area contributed by atoms with Crippen molar-refractivity contribution in [1.82, 2.24) is 10.3 Å². The zero-order valence-corrected chi connectivity index (χ0v) is 11.7. The molecule has 0 saturated heterocycles. The normalized spacial score (nSPS) is 10.4. The minimum Gasteiger partial charge on any atom is -0.347 e. The number of benzene rings is 1. The van der Waals surface area contributed by atoms with Gasteiger partial charge in [-0.1, -0.05) is 18.2 Å². The molecular formula is C14H17N3OS. The summed E-state index contributed by atoms with van der Waals surface area (Å²) in [4.78, 5) is 17.4. The van der Waals surface area contributed by atoms with Crippen molar-refractivity contribution in [2.24, 2.45) is 5.73 Å². The zero-order valence-electron chi connectivity index (χ0n) is 10.8. The van der Waals surface area contributed by atoms with E-state index >= 15 is 0 Å². The number of thiazole rings is 1. The molecule has 0 fully saturated rings. The number of aryl methyl sites for hydroxylation is 1. The van der Waals surface area contributed by atoms with Crippen LogP contribution in [-0.4, -0.2) is 17.4 Å². The molecule has 2 rings (SSSR count). The Morgan fingerprint density at radius 1 is 1.42 bits per heavy atom. The van der Waals surface area contributed by atoms with Crippen LogP contribution in [-0.2, 0) is 13.0 Å². The number of hydrogen-bond donors (Lipinski definition) is 2. The van der Waals surface area contributed by atoms with E-state index in [1.54, 1.807) is 17.5 Å². The number of nitrogens with two attached hydrogens (primary N) is 1. The highest BCUT2D eigenvalue weighted by Crippen LogP contribution is 2.12. The van der Waals surface area contributed by atoms with E-state index in [0.717, 1.165) is 15.4 Å². The van der Waals surface area contributed by atoms with Crippen LogP contribution in [0.25, 0.3) is 0 Å². The van der Waals surface area contributed by atoms with Gasteiger partial charge in [0, 0.05) is 16.6 Å². The van der Waals surface area contributed by atoms with Gasteiger partial charge in [-0.05, 0) is 31.5 Å². The van der Waals surface area contributed by atoms with Crippen LogP contribution >= 0.6 is 11.3 Å². The number of amides is 1. The zero-order chi connectivity index (χ0) is 13.7. The first-order valence-corrected chi connectivity index (χ1v) is 7.00. The summed E-state index contributed by atoms with van der Waals surface area (Å²) in [5, 5.41) is 3.93. The lowest BCUT2D eigenvalue weighted by molar-refractivity contribution is 0.0950. The predicted octanol–water partition coefficient (Wildman–Crippen LogP) is 1.88. The molecule has 100 valence electrons. The molecule has 0 saturated carbocycles. The lowest BCUT2D eigenvalue weighted by Crippen LogP contribution is -2.24. The SMILES string of the molecule is Cc1ncc(CNC(=O)c2ccccc2CCN)s1. The van der Waals surface area contributed by atoms with Crippen molar-refractivity contribution >= 4 is 17.2 Å². The third-order valence-corrected chi connectivity index (χ3v) is 3.68. The standard InChI is InChI=1S/C14H17N3OS/c1-10-16-8-12(19-10)9-17-14(18)13-5-3-2-4-11(13)6-7-15/h2-5,8H,6-7,9,15H2,1H3,(H,17,18). The highest BCUT2D eigenvalue weighted by molar-refractivity contribution is 7.11. The van der Waals surface area contributed by atoms with E-state index in [9.17, 15) is 4.79 Å². The minimum absolute atomic E-state index is 0.0601. The van der Waals surface area contributed by atoms with Crippen LogP contribution in [0.4, 0.5) is 0 Å². The summed E-state index contributed by atoms with van der Waals surface area (Å²) in [7, 11) is 0. The fourth-order valence-corrected chi connectivity index (χ4v) is 2.60. The van der Waals surface area contributed by atoms with E-state index in [-0.39, 0.29) is 5.91 Å². The minimum atomic E-state index is -0.0601. The van der Waals surface area contributed by atoms with Gasteiger partial charge in [-0.15, -0.1) is 11.3 Å². The molecule has 1 aromatic carbocycles. The highest BCUT2D eigenvalue weighted by Gasteiger charge is 2.10. The summed E-state index contributed by atoms with van der Waals surface area (Å²) in [6.07, 6.45) is 2.51. The van der Waals surface area contributed by atoms with Crippen LogP contribution in [0, 0.1) is 6.92 Å². The first-order valence-electron chi connectivity index (χ1n) is 6.18. The highest BCUT2D eigenvalue weighted by atomic mass is 32.1. The summed E-state index contributed by atoms with van der Waals surface area (Å²) in [6, 6.07) is 7.57. The Balaban J connectivity index is 2.03. The predicted molar refractivity (Wildman–Crippen MR) is 77.2 cm³/mol. The topological polar surface area (TPSA) is 68.0 Å². The fourth-order valence-electron chi connectivity index (χ4n) is 1.86. The number of rotatable bonds is 5. The maximum absolute atomic E-state index is 12.2. The second-order valence-electron chi connectivity index (χ2n) is 4.22. The Labute approximate surface area is 116 Å². The van der Waals surface area contributed by atoms with Gasteiger partial charge in [0.25, 0.3) is 5.91 Å². The Morgan fingerprint density at radius 2 is 2.21 bits per heavy atom. The van der Waals surface area contributed by atoms with Crippen LogP contribution < -0.4 is 11.1 Å². The molecule has 0 bridgehead atoms. The van der Waals surface area contributed by atoms with Crippen molar-refractivity contribution < 1.29 is 4.79 Å². The second-order valence-corrected chi connectivity index (χ2v) is 5.54. The monoisotopic (exact) mass is 275 g/mol. The van der Waals surface area contributed by atoms with E-state index in [1.807, 2.05) is 31.2 Å². The molecule has 0 atom stereocenters. The summed E-state index contributed by atoms with van der Waals surface area (Å²) in [6.45, 7) is 3.01. The average molecular weight is 275 g/mol. The van der Waals surface area contributed by atoms with Gasteiger partial charge in [0.15, 0.2) is 0 Å². The van der Waals surface area contributed by atoms with Gasteiger partial charge in [0.05, 0.1) is 11.6 Å². The summed E-state index contributed by atoms with van der Waals surface area (Å²) in [5.74, 6) is -0.0601.